The molecule has 0 atom stereocenters. The zero-order valence-electron chi connectivity index (χ0n) is 8.81. The predicted octanol–water partition coefficient (Wildman–Crippen LogP) is 2.23. The molecule has 0 aliphatic carbocycles. The van der Waals surface area contributed by atoms with Gasteiger partial charge in [0.15, 0.2) is 0 Å². The van der Waals surface area contributed by atoms with Gasteiger partial charge in [-0.3, -0.25) is 0 Å². The van der Waals surface area contributed by atoms with Gasteiger partial charge in [0, 0.05) is 0 Å². The lowest BCUT2D eigenvalue weighted by atomic mass is 10.2. The van der Waals surface area contributed by atoms with E-state index in [1.165, 1.54) is 12.9 Å². The van der Waals surface area contributed by atoms with Gasteiger partial charge in [-0.2, -0.15) is 7.39 Å². The van der Waals surface area contributed by atoms with Crippen LogP contribution in [-0.4, -0.2) is 20.4 Å². The molecule has 0 spiro atoms. The number of halogens is 1. The van der Waals surface area contributed by atoms with Gasteiger partial charge in [-0.1, -0.05) is 60.2 Å². The molecule has 0 aliphatic heterocycles. The molecule has 0 N–H and O–H groups in total. The fraction of sp³-hybridized carbons (Fsp3) is 0.0769. The third-order valence-electron chi connectivity index (χ3n) is 2.37. The molecule has 2 heteroatoms. The van der Waals surface area contributed by atoms with E-state index >= 15 is 0 Å². The number of aryl methyl sites for hydroxylation is 1. The van der Waals surface area contributed by atoms with Crippen LogP contribution >= 0.6 is 17.0 Å². The van der Waals surface area contributed by atoms with E-state index in [0.717, 1.165) is 0 Å². The lowest BCUT2D eigenvalue weighted by Crippen LogP contribution is -2.26. The number of hydrogen-bond donors (Lipinski definition) is 0. The Morgan fingerprint density at radius 1 is 0.733 bits per heavy atom. The van der Waals surface area contributed by atoms with E-state index in [1.54, 1.807) is 0 Å². The summed E-state index contributed by atoms with van der Waals surface area (Å²) in [6.07, 6.45) is 0. The van der Waals surface area contributed by atoms with Crippen molar-refractivity contribution in [2.24, 2.45) is 0 Å². The van der Waals surface area contributed by atoms with Gasteiger partial charge in [0.2, 0.25) is 0 Å². The van der Waals surface area contributed by atoms with Gasteiger partial charge >= 0.3 is 20.4 Å². The van der Waals surface area contributed by atoms with Crippen LogP contribution in [0.15, 0.2) is 54.6 Å². The molecule has 0 amide bonds. The molecule has 0 aliphatic rings. The van der Waals surface area contributed by atoms with Crippen molar-refractivity contribution >= 4 is 44.7 Å². The molecule has 0 unspecified atom stereocenters. The third-order valence-corrected chi connectivity index (χ3v) is 4.13. The van der Waals surface area contributed by atoms with Crippen molar-refractivity contribution < 1.29 is 0 Å². The Balaban J connectivity index is 0.00000112. The first-order chi connectivity index (χ1) is 6.84. The molecule has 0 heterocycles. The molecule has 15 heavy (non-hydrogen) atoms. The second kappa shape index (κ2) is 6.31. The van der Waals surface area contributed by atoms with Crippen molar-refractivity contribution in [3.8, 4) is 0 Å². The molecule has 0 bridgehead atoms. The highest BCUT2D eigenvalue weighted by molar-refractivity contribution is 8.93. The van der Waals surface area contributed by atoms with Gasteiger partial charge in [-0.25, -0.2) is 0 Å². The van der Waals surface area contributed by atoms with Crippen LogP contribution in [0.25, 0.3) is 0 Å². The maximum absolute atomic E-state index is 2.26. The van der Waals surface area contributed by atoms with Gasteiger partial charge < -0.3 is 0 Å². The van der Waals surface area contributed by atoms with Crippen LogP contribution in [0.2, 0.25) is 0 Å². The molecule has 2 aromatic carbocycles. The van der Waals surface area contributed by atoms with E-state index in [9.17, 15) is 0 Å². The Morgan fingerprint density at radius 2 is 1.27 bits per heavy atom. The molecule has 2 rings (SSSR count). The van der Waals surface area contributed by atoms with E-state index in [1.807, 2.05) is 0 Å². The first-order valence-electron chi connectivity index (χ1n) is 4.94. The lowest BCUT2D eigenvalue weighted by Gasteiger charge is -2.00. The largest absolute Gasteiger partial charge is 0.450 e. The average Bonchev–Trinajstić information content (AvgIpc) is 2.23. The third kappa shape index (κ3) is 3.97. The monoisotopic (exact) mass is 272 g/mol. The molecule has 74 valence electrons. The Hall–Kier alpha value is -0.314. The Morgan fingerprint density at radius 3 is 1.87 bits per heavy atom. The zero-order chi connectivity index (χ0) is 9.80. The molecule has 0 radical (unpaired) electrons. The summed E-state index contributed by atoms with van der Waals surface area (Å²) in [5.41, 5.74) is 1.34. The predicted molar refractivity (Wildman–Crippen MR) is 73.0 cm³/mol. The Bertz CT molecular complexity index is 395. The highest BCUT2D eigenvalue weighted by Gasteiger charge is 2.00. The second-order valence-electron chi connectivity index (χ2n) is 3.65. The minimum Gasteiger partial charge on any atom is -0.165 e. The average molecular weight is 273 g/mol. The van der Waals surface area contributed by atoms with Crippen LogP contribution in [0, 0.1) is 6.92 Å². The van der Waals surface area contributed by atoms with Crippen LogP contribution in [0.1, 0.15) is 5.56 Å². The van der Waals surface area contributed by atoms with Crippen molar-refractivity contribution in [3.63, 3.8) is 0 Å². The molecular weight excluding hydrogens is 260 g/mol. The van der Waals surface area contributed by atoms with Gasteiger partial charge in [0.05, 0.1) is 0 Å². The number of hydrogen-bond acceptors (Lipinski definition) is 0. The fourth-order valence-corrected chi connectivity index (χ4v) is 2.99. The molecular formula is C13H13BrMg. The van der Waals surface area contributed by atoms with E-state index in [4.69, 9.17) is 0 Å². The van der Waals surface area contributed by atoms with Gasteiger partial charge in [0.25, 0.3) is 0 Å². The van der Waals surface area contributed by atoms with Crippen molar-refractivity contribution in [1.29, 1.82) is 0 Å². The highest BCUT2D eigenvalue weighted by Crippen LogP contribution is 1.92. The topological polar surface area (TPSA) is 0 Å². The smallest absolute Gasteiger partial charge is 0.165 e. The first kappa shape index (κ1) is 12.8. The van der Waals surface area contributed by atoms with Crippen LogP contribution in [0.3, 0.4) is 0 Å². The second-order valence-corrected chi connectivity index (χ2v) is 5.63. The standard InChI is InChI=1S/C7H7.C6H5.BrH.Mg/c1-7-5-3-2-4-6-7;1-2-4-6-5-3-1;;/h3-6H,1H3;1-5H;1H;. The fourth-order valence-electron chi connectivity index (χ4n) is 1.54. The molecule has 0 nitrogen and oxygen atoms in total. The van der Waals surface area contributed by atoms with E-state index in [2.05, 4.69) is 61.5 Å². The van der Waals surface area contributed by atoms with E-state index < -0.39 is 0 Å². The maximum Gasteiger partial charge on any atom is 0.450 e. The van der Waals surface area contributed by atoms with Gasteiger partial charge in [0.1, 0.15) is 0 Å². The zero-order valence-corrected chi connectivity index (χ0v) is 11.9. The van der Waals surface area contributed by atoms with E-state index in [0.29, 0.717) is 0 Å². The molecule has 0 aromatic heterocycles. The Labute approximate surface area is 111 Å². The number of rotatable bonds is 2. The Kier molecular flexibility index (Phi) is 5.36. The van der Waals surface area contributed by atoms with Crippen LogP contribution in [0.5, 0.6) is 0 Å². The van der Waals surface area contributed by atoms with Crippen LogP contribution < -0.4 is 7.39 Å². The van der Waals surface area contributed by atoms with Crippen LogP contribution in [0.4, 0.5) is 0 Å². The van der Waals surface area contributed by atoms with Crippen molar-refractivity contribution in [1.82, 2.24) is 0 Å². The van der Waals surface area contributed by atoms with Gasteiger partial charge in [-0.15, -0.1) is 17.0 Å². The normalized spacial score (nSPS) is 8.87. The summed E-state index contributed by atoms with van der Waals surface area (Å²) in [5, 5.41) is 0. The lowest BCUT2D eigenvalue weighted by molar-refractivity contribution is 1.49. The highest BCUT2D eigenvalue weighted by atomic mass is 79.9. The SMILES string of the molecule is Br.Cc1cc[c]([Mg][c]2ccccc2)cc1. The molecule has 0 fully saturated rings. The maximum atomic E-state index is 2.26. The number of benzene rings is 2. The van der Waals surface area contributed by atoms with E-state index in [-0.39, 0.29) is 37.3 Å². The minimum absolute atomic E-state index is 0. The van der Waals surface area contributed by atoms with Crippen molar-refractivity contribution in [2.75, 3.05) is 0 Å². The quantitative estimate of drug-likeness (QED) is 0.736. The first-order valence-corrected chi connectivity index (χ1v) is 6.35. The molecule has 0 saturated heterocycles. The van der Waals surface area contributed by atoms with Crippen molar-refractivity contribution in [2.45, 2.75) is 6.92 Å². The summed E-state index contributed by atoms with van der Waals surface area (Å²) in [5.74, 6) is 0. The summed E-state index contributed by atoms with van der Waals surface area (Å²) in [4.78, 5) is 0. The minimum atomic E-state index is -0.250. The molecule has 2 aromatic rings. The summed E-state index contributed by atoms with van der Waals surface area (Å²) >= 11 is -0.250. The van der Waals surface area contributed by atoms with Crippen molar-refractivity contribution in [3.05, 3.63) is 60.2 Å². The summed E-state index contributed by atoms with van der Waals surface area (Å²) in [6, 6.07) is 19.7. The summed E-state index contributed by atoms with van der Waals surface area (Å²) in [7, 11) is 0. The van der Waals surface area contributed by atoms with Gasteiger partial charge in [-0.05, 0) is 6.92 Å². The summed E-state index contributed by atoms with van der Waals surface area (Å²) in [6.45, 7) is 2.13. The summed E-state index contributed by atoms with van der Waals surface area (Å²) < 4.78 is 3.03. The van der Waals surface area contributed by atoms with Crippen LogP contribution in [-0.2, 0) is 0 Å². The molecule has 0 saturated carbocycles.